The predicted molar refractivity (Wildman–Crippen MR) is 134 cm³/mol. The number of aliphatic carboxylic acids is 1. The van der Waals surface area contributed by atoms with Crippen LogP contribution in [0.1, 0.15) is 17.5 Å². The van der Waals surface area contributed by atoms with Crippen LogP contribution in [0.25, 0.3) is 0 Å². The first kappa shape index (κ1) is 29.7. The van der Waals surface area contributed by atoms with Gasteiger partial charge >= 0.3 is 5.97 Å². The molecule has 0 bridgehead atoms. The Morgan fingerprint density at radius 1 is 0.737 bits per heavy atom. The highest BCUT2D eigenvalue weighted by atomic mass is 16.4. The van der Waals surface area contributed by atoms with E-state index in [9.17, 15) is 39.3 Å². The van der Waals surface area contributed by atoms with Crippen molar-refractivity contribution in [1.29, 1.82) is 0 Å². The third-order valence-electron chi connectivity index (χ3n) is 5.48. The van der Waals surface area contributed by atoms with Gasteiger partial charge in [-0.05, 0) is 29.7 Å². The first-order valence-corrected chi connectivity index (χ1v) is 11.6. The lowest BCUT2D eigenvalue weighted by Gasteiger charge is -2.24. The number of carbonyl (C=O) groups excluding carboxylic acids is 4. The molecule has 0 radical (unpaired) electrons. The quantitative estimate of drug-likeness (QED) is 0.134. The van der Waals surface area contributed by atoms with Crippen LogP contribution in [0, 0.1) is 0 Å². The van der Waals surface area contributed by atoms with E-state index >= 15 is 0 Å². The normalized spacial score (nSPS) is 13.8. The Morgan fingerprint density at radius 2 is 1.26 bits per heavy atom. The molecule has 4 unspecified atom stereocenters. The van der Waals surface area contributed by atoms with Gasteiger partial charge in [0, 0.05) is 6.42 Å². The summed E-state index contributed by atoms with van der Waals surface area (Å²) in [6.45, 7) is -0.817. The summed E-state index contributed by atoms with van der Waals surface area (Å²) >= 11 is 0. The summed E-state index contributed by atoms with van der Waals surface area (Å²) in [6, 6.07) is 9.01. The molecule has 0 aliphatic carbocycles. The molecule has 0 spiro atoms. The lowest BCUT2D eigenvalue weighted by molar-refractivity contribution is -0.143. The van der Waals surface area contributed by atoms with Gasteiger partial charge in [-0.2, -0.15) is 0 Å². The van der Waals surface area contributed by atoms with E-state index in [1.54, 1.807) is 42.5 Å². The number of aromatic hydroxyl groups is 1. The Hall–Kier alpha value is -4.49. The van der Waals surface area contributed by atoms with Crippen LogP contribution >= 0.6 is 0 Å². The largest absolute Gasteiger partial charge is 0.508 e. The molecule has 204 valence electrons. The molecule has 4 amide bonds. The molecule has 2 aromatic rings. The number of aliphatic hydroxyl groups is 1. The maximum atomic E-state index is 12.9. The lowest BCUT2D eigenvalue weighted by atomic mass is 10.0. The van der Waals surface area contributed by atoms with Crippen molar-refractivity contribution in [1.82, 2.24) is 16.0 Å². The van der Waals surface area contributed by atoms with E-state index < -0.39 is 66.8 Å². The lowest BCUT2D eigenvalue weighted by Crippen LogP contribution is -2.58. The number of carbonyl (C=O) groups is 5. The van der Waals surface area contributed by atoms with Crippen molar-refractivity contribution < 1.29 is 39.3 Å². The van der Waals surface area contributed by atoms with Crippen molar-refractivity contribution in [2.24, 2.45) is 11.5 Å². The van der Waals surface area contributed by atoms with Gasteiger partial charge < -0.3 is 42.7 Å². The zero-order chi connectivity index (χ0) is 28.2. The van der Waals surface area contributed by atoms with Crippen LogP contribution in [-0.4, -0.2) is 75.7 Å². The number of phenolic OH excluding ortho intramolecular Hbond substituents is 1. The van der Waals surface area contributed by atoms with Gasteiger partial charge in [-0.1, -0.05) is 42.5 Å². The van der Waals surface area contributed by atoms with Crippen LogP contribution in [-0.2, 0) is 36.8 Å². The molecule has 2 rings (SSSR count). The van der Waals surface area contributed by atoms with E-state index in [0.29, 0.717) is 11.1 Å². The first-order chi connectivity index (χ1) is 18.0. The van der Waals surface area contributed by atoms with Crippen molar-refractivity contribution in [3.05, 3.63) is 65.7 Å². The number of hydrogen-bond donors (Lipinski definition) is 8. The van der Waals surface area contributed by atoms with Gasteiger partial charge in [-0.3, -0.25) is 19.2 Å². The van der Waals surface area contributed by atoms with Gasteiger partial charge in [-0.25, -0.2) is 4.79 Å². The first-order valence-electron chi connectivity index (χ1n) is 11.6. The number of carboxylic acids is 1. The van der Waals surface area contributed by atoms with Crippen LogP contribution in [0.5, 0.6) is 5.75 Å². The average Bonchev–Trinajstić information content (AvgIpc) is 2.87. The maximum Gasteiger partial charge on any atom is 0.326 e. The molecule has 0 saturated heterocycles. The third kappa shape index (κ3) is 9.52. The fourth-order valence-corrected chi connectivity index (χ4v) is 3.46. The van der Waals surface area contributed by atoms with Gasteiger partial charge in [0.2, 0.25) is 23.6 Å². The number of nitrogens with one attached hydrogen (secondary N) is 3. The van der Waals surface area contributed by atoms with Crippen LogP contribution in [0.3, 0.4) is 0 Å². The summed E-state index contributed by atoms with van der Waals surface area (Å²) in [5.74, 6) is -4.98. The highest BCUT2D eigenvalue weighted by molar-refractivity contribution is 5.95. The zero-order valence-corrected chi connectivity index (χ0v) is 20.4. The molecule has 10 N–H and O–H groups in total. The molecule has 0 fully saturated rings. The van der Waals surface area contributed by atoms with E-state index in [4.69, 9.17) is 11.5 Å². The molecular weight excluding hydrogens is 498 g/mol. The molecule has 4 atom stereocenters. The summed E-state index contributed by atoms with van der Waals surface area (Å²) in [4.78, 5) is 61.0. The molecule has 0 aromatic heterocycles. The van der Waals surface area contributed by atoms with E-state index in [1.807, 2.05) is 0 Å². The Bertz CT molecular complexity index is 1130. The van der Waals surface area contributed by atoms with Gasteiger partial charge in [0.25, 0.3) is 0 Å². The van der Waals surface area contributed by atoms with Crippen LogP contribution in [0.2, 0.25) is 0 Å². The van der Waals surface area contributed by atoms with Crippen molar-refractivity contribution in [3.8, 4) is 5.75 Å². The fraction of sp³-hybridized carbons (Fsp3) is 0.320. The predicted octanol–water partition coefficient (Wildman–Crippen LogP) is -2.09. The summed E-state index contributed by atoms with van der Waals surface area (Å²) in [5.41, 5.74) is 12.3. The van der Waals surface area contributed by atoms with Crippen molar-refractivity contribution in [2.75, 3.05) is 6.61 Å². The molecule has 13 nitrogen and oxygen atoms in total. The van der Waals surface area contributed by atoms with Gasteiger partial charge in [0.15, 0.2) is 0 Å². The summed E-state index contributed by atoms with van der Waals surface area (Å²) in [6.07, 6.45) is -0.642. The second-order valence-electron chi connectivity index (χ2n) is 8.54. The summed E-state index contributed by atoms with van der Waals surface area (Å²) in [5, 5.41) is 35.3. The number of rotatable bonds is 14. The molecule has 0 aliphatic heterocycles. The Morgan fingerprint density at radius 3 is 1.82 bits per heavy atom. The highest BCUT2D eigenvalue weighted by Gasteiger charge is 2.31. The number of phenols is 1. The van der Waals surface area contributed by atoms with Crippen LogP contribution in [0.15, 0.2) is 54.6 Å². The minimum Gasteiger partial charge on any atom is -0.508 e. The molecule has 0 saturated carbocycles. The van der Waals surface area contributed by atoms with Gasteiger partial charge in [-0.15, -0.1) is 0 Å². The number of carboxylic acid groups (broad SMARTS) is 1. The summed E-state index contributed by atoms with van der Waals surface area (Å²) in [7, 11) is 0. The summed E-state index contributed by atoms with van der Waals surface area (Å²) < 4.78 is 0. The maximum absolute atomic E-state index is 12.9. The standard InChI is InChI=1S/C25H31N5O8/c26-17(10-15-6-8-16(32)9-7-15)22(34)30-20(13-31)24(36)28-18(11-14-4-2-1-3-5-14)23(35)29-19(25(37)38)12-21(27)33/h1-9,17-20,31-32H,10-13,26H2,(H2,27,33)(H,28,36)(H,29,35)(H,30,34)(H,37,38). The molecule has 2 aromatic carbocycles. The number of benzene rings is 2. The molecule has 38 heavy (non-hydrogen) atoms. The Kier molecular flexibility index (Phi) is 11.2. The van der Waals surface area contributed by atoms with Crippen molar-refractivity contribution >= 4 is 29.6 Å². The number of primary amides is 1. The third-order valence-corrected chi connectivity index (χ3v) is 5.48. The number of nitrogens with two attached hydrogens (primary N) is 2. The topological polar surface area (TPSA) is 234 Å². The number of aliphatic hydroxyl groups excluding tert-OH is 1. The molecule has 0 aliphatic rings. The Balaban J connectivity index is 2.12. The smallest absolute Gasteiger partial charge is 0.326 e. The van der Waals surface area contributed by atoms with Gasteiger partial charge in [0.05, 0.1) is 19.1 Å². The monoisotopic (exact) mass is 529 g/mol. The molecule has 0 heterocycles. The zero-order valence-electron chi connectivity index (χ0n) is 20.4. The van der Waals surface area contributed by atoms with E-state index in [0.717, 1.165) is 0 Å². The fourth-order valence-electron chi connectivity index (χ4n) is 3.46. The SMILES string of the molecule is NC(=O)CC(NC(=O)C(Cc1ccccc1)NC(=O)C(CO)NC(=O)C(N)Cc1ccc(O)cc1)C(=O)O. The number of amides is 4. The minimum absolute atomic E-state index is 0.0437. The van der Waals surface area contributed by atoms with Crippen molar-refractivity contribution in [2.45, 2.75) is 43.4 Å². The number of hydrogen-bond acceptors (Lipinski definition) is 8. The minimum atomic E-state index is -1.62. The molecule has 13 heteroatoms. The second-order valence-corrected chi connectivity index (χ2v) is 8.54. The van der Waals surface area contributed by atoms with E-state index in [1.165, 1.54) is 12.1 Å². The van der Waals surface area contributed by atoms with Crippen LogP contribution in [0.4, 0.5) is 0 Å². The molecular formula is C25H31N5O8. The average molecular weight is 530 g/mol. The highest BCUT2D eigenvalue weighted by Crippen LogP contribution is 2.11. The van der Waals surface area contributed by atoms with Gasteiger partial charge in [0.1, 0.15) is 23.9 Å². The second kappa shape index (κ2) is 14.3. The van der Waals surface area contributed by atoms with E-state index in [-0.39, 0.29) is 18.6 Å². The van der Waals surface area contributed by atoms with Crippen molar-refractivity contribution in [3.63, 3.8) is 0 Å². The van der Waals surface area contributed by atoms with E-state index in [2.05, 4.69) is 16.0 Å². The Labute approximate surface area is 218 Å². The van der Waals surface area contributed by atoms with Crippen LogP contribution < -0.4 is 27.4 Å².